The summed E-state index contributed by atoms with van der Waals surface area (Å²) in [7, 11) is 0. The van der Waals surface area contributed by atoms with E-state index in [1.165, 1.54) is 45.5 Å². The number of hydrogen-bond acceptors (Lipinski definition) is 2. The molecule has 0 aliphatic carbocycles. The molecule has 0 spiro atoms. The smallest absolute Gasteiger partial charge is 0.246 e. The Morgan fingerprint density at radius 1 is 0.630 bits per heavy atom. The molecule has 6 rings (SSSR count). The fourth-order valence-corrected chi connectivity index (χ4v) is 7.72. The number of benzene rings is 4. The second-order valence-electron chi connectivity index (χ2n) is 12.8. The molecule has 236 valence electrons. The minimum atomic E-state index is -0.355. The van der Waals surface area contributed by atoms with Crippen LogP contribution in [0.15, 0.2) is 131 Å². The average Bonchev–Trinajstić information content (AvgIpc) is 3.05. The Labute approximate surface area is 290 Å². The number of hydrogen-bond donors (Lipinski definition) is 0. The van der Waals surface area contributed by atoms with E-state index in [-0.39, 0.29) is 34.7 Å². The maximum atomic E-state index is 12.4. The molecule has 2 heterocycles. The number of halogens is 2. The Balaban J connectivity index is 0.000000181. The normalized spacial score (nSPS) is 19.1. The molecule has 46 heavy (non-hydrogen) atoms. The van der Waals surface area contributed by atoms with Gasteiger partial charge in [0.2, 0.25) is 11.8 Å². The van der Waals surface area contributed by atoms with Crippen LogP contribution in [0.3, 0.4) is 0 Å². The number of fused-ring (bicyclic) bond motifs is 2. The van der Waals surface area contributed by atoms with Crippen LogP contribution in [-0.2, 0) is 20.7 Å². The van der Waals surface area contributed by atoms with Gasteiger partial charge in [-0.25, -0.2) is 0 Å². The first kappa shape index (κ1) is 33.6. The van der Waals surface area contributed by atoms with Gasteiger partial charge >= 0.3 is 0 Å². The van der Waals surface area contributed by atoms with Crippen molar-refractivity contribution in [2.24, 2.45) is 0 Å². The number of carbonyl (C=O) groups excluding carboxylic acids is 2. The van der Waals surface area contributed by atoms with Crippen LogP contribution in [0.5, 0.6) is 0 Å². The summed E-state index contributed by atoms with van der Waals surface area (Å²) in [6, 6.07) is 33.5. The summed E-state index contributed by atoms with van der Waals surface area (Å²) < 4.78 is 2.13. The van der Waals surface area contributed by atoms with Crippen LogP contribution < -0.4 is 0 Å². The SMILES string of the molecule is C=CC(=O)N1C[C@@H](c2ccccc2)c2cc(Br)ccc2C1(C)C.C=CC(=O)N1C[C@H](c2ccccc2)c2cc(Br)ccc2C1(C)C. The lowest BCUT2D eigenvalue weighted by Crippen LogP contribution is -2.50. The molecule has 0 saturated carbocycles. The predicted molar refractivity (Wildman–Crippen MR) is 195 cm³/mol. The van der Waals surface area contributed by atoms with Gasteiger partial charge in [-0.05, 0) is 97.5 Å². The molecule has 0 aromatic heterocycles. The standard InChI is InChI=1S/2C20H20BrNO/c2*1-4-19(23)22-13-17(14-8-6-5-7-9-14)16-12-15(21)10-11-18(16)20(22,2)3/h2*4-12,17H,1,13H2,2-3H3/t2*17-/m10/s1. The van der Waals surface area contributed by atoms with Gasteiger partial charge in [-0.1, -0.05) is 118 Å². The third-order valence-corrected chi connectivity index (χ3v) is 10.4. The monoisotopic (exact) mass is 738 g/mol. The summed E-state index contributed by atoms with van der Waals surface area (Å²) in [5.74, 6) is 0.287. The largest absolute Gasteiger partial charge is 0.329 e. The van der Waals surface area contributed by atoms with Crippen LogP contribution in [-0.4, -0.2) is 34.7 Å². The van der Waals surface area contributed by atoms with E-state index in [2.05, 4.69) is 121 Å². The second kappa shape index (κ2) is 13.5. The van der Waals surface area contributed by atoms with Crippen LogP contribution in [0.2, 0.25) is 0 Å². The van der Waals surface area contributed by atoms with E-state index in [0.29, 0.717) is 13.1 Å². The van der Waals surface area contributed by atoms with Gasteiger partial charge < -0.3 is 9.80 Å². The minimum absolute atomic E-state index is 0.0236. The highest BCUT2D eigenvalue weighted by Gasteiger charge is 2.42. The van der Waals surface area contributed by atoms with Crippen molar-refractivity contribution in [3.8, 4) is 0 Å². The molecule has 0 fully saturated rings. The summed E-state index contributed by atoms with van der Waals surface area (Å²) in [5, 5.41) is 0. The van der Waals surface area contributed by atoms with Gasteiger partial charge in [0.15, 0.2) is 0 Å². The predicted octanol–water partition coefficient (Wildman–Crippen LogP) is 9.69. The molecule has 0 radical (unpaired) electrons. The zero-order chi connectivity index (χ0) is 33.2. The number of nitrogens with zero attached hydrogens (tertiary/aromatic N) is 2. The molecule has 2 aliphatic heterocycles. The van der Waals surface area contributed by atoms with E-state index in [0.717, 1.165) is 8.95 Å². The van der Waals surface area contributed by atoms with Gasteiger partial charge in [-0.15, -0.1) is 0 Å². The Kier molecular flexibility index (Phi) is 9.90. The lowest BCUT2D eigenvalue weighted by Gasteiger charge is -2.47. The third-order valence-electron chi connectivity index (χ3n) is 9.46. The van der Waals surface area contributed by atoms with Crippen LogP contribution in [0.25, 0.3) is 0 Å². The van der Waals surface area contributed by atoms with Crippen molar-refractivity contribution < 1.29 is 9.59 Å². The van der Waals surface area contributed by atoms with E-state index < -0.39 is 0 Å². The maximum absolute atomic E-state index is 12.4. The summed E-state index contributed by atoms with van der Waals surface area (Å²) in [5.41, 5.74) is 6.69. The molecule has 4 aromatic carbocycles. The maximum Gasteiger partial charge on any atom is 0.246 e. The summed E-state index contributed by atoms with van der Waals surface area (Å²) in [6.07, 6.45) is 2.82. The second-order valence-corrected chi connectivity index (χ2v) is 14.6. The van der Waals surface area contributed by atoms with Gasteiger partial charge in [0.05, 0.1) is 11.1 Å². The molecule has 2 atom stereocenters. The molecule has 0 N–H and O–H groups in total. The summed E-state index contributed by atoms with van der Waals surface area (Å²) >= 11 is 7.18. The van der Waals surface area contributed by atoms with Gasteiger partial charge in [0.25, 0.3) is 0 Å². The van der Waals surface area contributed by atoms with Gasteiger partial charge in [-0.3, -0.25) is 9.59 Å². The number of amides is 2. The molecular weight excluding hydrogens is 700 g/mol. The average molecular weight is 741 g/mol. The van der Waals surface area contributed by atoms with Gasteiger partial charge in [0.1, 0.15) is 0 Å². The van der Waals surface area contributed by atoms with Crippen molar-refractivity contribution >= 4 is 43.7 Å². The molecule has 2 amide bonds. The van der Waals surface area contributed by atoms with Crippen LogP contribution in [0, 0.1) is 0 Å². The lowest BCUT2D eigenvalue weighted by atomic mass is 9.76. The first-order valence-electron chi connectivity index (χ1n) is 15.5. The van der Waals surface area contributed by atoms with Crippen molar-refractivity contribution in [1.29, 1.82) is 0 Å². The quantitative estimate of drug-likeness (QED) is 0.196. The van der Waals surface area contributed by atoms with E-state index in [9.17, 15) is 9.59 Å². The molecule has 0 saturated heterocycles. The molecule has 4 nitrogen and oxygen atoms in total. The van der Waals surface area contributed by atoms with Crippen LogP contribution in [0.1, 0.15) is 72.9 Å². The third kappa shape index (κ3) is 6.43. The number of carbonyl (C=O) groups is 2. The van der Waals surface area contributed by atoms with Crippen molar-refractivity contribution in [1.82, 2.24) is 9.80 Å². The zero-order valence-electron chi connectivity index (χ0n) is 26.8. The Morgan fingerprint density at radius 3 is 1.30 bits per heavy atom. The van der Waals surface area contributed by atoms with Gasteiger partial charge in [0, 0.05) is 33.9 Å². The highest BCUT2D eigenvalue weighted by atomic mass is 79.9. The van der Waals surface area contributed by atoms with Crippen LogP contribution >= 0.6 is 31.9 Å². The molecule has 6 heteroatoms. The minimum Gasteiger partial charge on any atom is -0.329 e. The fourth-order valence-electron chi connectivity index (χ4n) is 6.96. The topological polar surface area (TPSA) is 40.6 Å². The first-order valence-corrected chi connectivity index (χ1v) is 17.1. The highest BCUT2D eigenvalue weighted by molar-refractivity contribution is 9.10. The fraction of sp³-hybridized carbons (Fsp3) is 0.250. The summed E-state index contributed by atoms with van der Waals surface area (Å²) in [4.78, 5) is 28.7. The molecular formula is C40H40Br2N2O2. The van der Waals surface area contributed by atoms with Crippen molar-refractivity contribution in [3.05, 3.63) is 165 Å². The Morgan fingerprint density at radius 2 is 0.978 bits per heavy atom. The molecule has 0 unspecified atom stereocenters. The van der Waals surface area contributed by atoms with Crippen molar-refractivity contribution in [2.45, 2.75) is 50.6 Å². The molecule has 2 aliphatic rings. The van der Waals surface area contributed by atoms with Gasteiger partial charge in [-0.2, -0.15) is 0 Å². The lowest BCUT2D eigenvalue weighted by molar-refractivity contribution is -0.133. The highest BCUT2D eigenvalue weighted by Crippen LogP contribution is 2.45. The van der Waals surface area contributed by atoms with Crippen molar-refractivity contribution in [2.75, 3.05) is 13.1 Å². The van der Waals surface area contributed by atoms with Crippen LogP contribution in [0.4, 0.5) is 0 Å². The molecule has 0 bridgehead atoms. The van der Waals surface area contributed by atoms with E-state index in [1.54, 1.807) is 0 Å². The van der Waals surface area contributed by atoms with E-state index in [4.69, 9.17) is 0 Å². The van der Waals surface area contributed by atoms with E-state index >= 15 is 0 Å². The molecule has 4 aromatic rings. The zero-order valence-corrected chi connectivity index (χ0v) is 30.0. The number of rotatable bonds is 4. The summed E-state index contributed by atoms with van der Waals surface area (Å²) in [6.45, 7) is 17.1. The Bertz CT molecular complexity index is 1630. The van der Waals surface area contributed by atoms with Crippen molar-refractivity contribution in [3.63, 3.8) is 0 Å². The first-order chi connectivity index (χ1) is 21.9. The van der Waals surface area contributed by atoms with E-state index in [1.807, 2.05) is 58.3 Å². The Hall–Kier alpha value is -3.74.